The van der Waals surface area contributed by atoms with Gasteiger partial charge in [0.1, 0.15) is 5.75 Å². The fourth-order valence-electron chi connectivity index (χ4n) is 1.16. The molecule has 0 atom stereocenters. The molecule has 1 aromatic rings. The van der Waals surface area contributed by atoms with Crippen molar-refractivity contribution in [3.8, 4) is 5.75 Å². The molecule has 0 saturated carbocycles. The molecule has 1 aromatic carbocycles. The van der Waals surface area contributed by atoms with E-state index >= 15 is 0 Å². The Hall–Kier alpha value is -1.71. The number of carbonyl (C=O) groups excluding carboxylic acids is 1. The number of carbonyl (C=O) groups is 1. The summed E-state index contributed by atoms with van der Waals surface area (Å²) in [5.74, 6) is 0.713. The van der Waals surface area contributed by atoms with Crippen molar-refractivity contribution in [3.63, 3.8) is 0 Å². The highest BCUT2D eigenvalue weighted by molar-refractivity contribution is 5.80. The highest BCUT2D eigenvalue weighted by Gasteiger charge is 2.03. The van der Waals surface area contributed by atoms with Crippen molar-refractivity contribution in [1.29, 1.82) is 0 Å². The predicted octanol–water partition coefficient (Wildman–Crippen LogP) is 1.24. The van der Waals surface area contributed by atoms with Crippen LogP contribution in [-0.2, 0) is 4.79 Å². The van der Waals surface area contributed by atoms with E-state index < -0.39 is 0 Å². The number of likely N-dealkylation sites (N-methyl/N-ethyl adjacent to an activating group) is 1. The normalized spacial score (nSPS) is 9.47. The molecule has 1 amide bonds. The van der Waals surface area contributed by atoms with E-state index in [1.807, 2.05) is 31.2 Å². The van der Waals surface area contributed by atoms with E-state index in [1.54, 1.807) is 7.05 Å². The first kappa shape index (κ1) is 11.4. The van der Waals surface area contributed by atoms with E-state index in [4.69, 9.17) is 4.74 Å². The van der Waals surface area contributed by atoms with Gasteiger partial charge < -0.3 is 15.4 Å². The average Bonchev–Trinajstić information content (AvgIpc) is 2.28. The van der Waals surface area contributed by atoms with Crippen molar-refractivity contribution < 1.29 is 9.53 Å². The van der Waals surface area contributed by atoms with Gasteiger partial charge in [0.05, 0.1) is 18.8 Å². The van der Waals surface area contributed by atoms with Crippen LogP contribution in [0.1, 0.15) is 6.92 Å². The molecular weight excluding hydrogens is 192 g/mol. The van der Waals surface area contributed by atoms with Crippen LogP contribution in [0.3, 0.4) is 0 Å². The number of rotatable bonds is 5. The summed E-state index contributed by atoms with van der Waals surface area (Å²) in [6.45, 7) is 2.79. The van der Waals surface area contributed by atoms with Crippen molar-refractivity contribution in [2.75, 3.05) is 25.5 Å². The lowest BCUT2D eigenvalue weighted by Gasteiger charge is -2.11. The molecule has 0 fully saturated rings. The predicted molar refractivity (Wildman–Crippen MR) is 60.2 cm³/mol. The lowest BCUT2D eigenvalue weighted by molar-refractivity contribution is -0.118. The number of hydrogen-bond acceptors (Lipinski definition) is 3. The maximum absolute atomic E-state index is 11.0. The first-order valence-electron chi connectivity index (χ1n) is 4.94. The first-order chi connectivity index (χ1) is 7.27. The molecule has 82 valence electrons. The lowest BCUT2D eigenvalue weighted by Crippen LogP contribution is -2.26. The van der Waals surface area contributed by atoms with Crippen molar-refractivity contribution >= 4 is 11.6 Å². The van der Waals surface area contributed by atoms with E-state index in [2.05, 4.69) is 10.6 Å². The van der Waals surface area contributed by atoms with Crippen LogP contribution in [0.2, 0.25) is 0 Å². The minimum atomic E-state index is -0.0544. The molecule has 0 aliphatic heterocycles. The largest absolute Gasteiger partial charge is 0.492 e. The third kappa shape index (κ3) is 3.50. The van der Waals surface area contributed by atoms with Crippen LogP contribution < -0.4 is 15.4 Å². The number of hydrogen-bond donors (Lipinski definition) is 2. The Morgan fingerprint density at radius 3 is 2.80 bits per heavy atom. The van der Waals surface area contributed by atoms with Gasteiger partial charge in [0.2, 0.25) is 5.91 Å². The molecule has 4 heteroatoms. The molecule has 0 saturated heterocycles. The molecule has 0 aliphatic carbocycles. The Morgan fingerprint density at radius 2 is 2.13 bits per heavy atom. The molecule has 0 radical (unpaired) electrons. The summed E-state index contributed by atoms with van der Waals surface area (Å²) >= 11 is 0. The number of para-hydroxylation sites is 2. The molecule has 0 aromatic heterocycles. The Kier molecular flexibility index (Phi) is 4.47. The molecule has 0 spiro atoms. The van der Waals surface area contributed by atoms with Crippen molar-refractivity contribution in [2.45, 2.75) is 6.92 Å². The van der Waals surface area contributed by atoms with Gasteiger partial charge in [0.25, 0.3) is 0 Å². The summed E-state index contributed by atoms with van der Waals surface area (Å²) in [6.07, 6.45) is 0. The zero-order valence-corrected chi connectivity index (χ0v) is 9.04. The van der Waals surface area contributed by atoms with E-state index in [0.717, 1.165) is 11.4 Å². The van der Waals surface area contributed by atoms with Gasteiger partial charge in [0, 0.05) is 7.05 Å². The Morgan fingerprint density at radius 1 is 1.40 bits per heavy atom. The molecule has 0 unspecified atom stereocenters. The Bertz CT molecular complexity index is 326. The van der Waals surface area contributed by atoms with E-state index in [-0.39, 0.29) is 12.5 Å². The number of nitrogens with one attached hydrogen (secondary N) is 2. The fraction of sp³-hybridized carbons (Fsp3) is 0.364. The molecule has 0 heterocycles. The van der Waals surface area contributed by atoms with E-state index in [1.165, 1.54) is 0 Å². The van der Waals surface area contributed by atoms with Crippen LogP contribution in [0.25, 0.3) is 0 Å². The maximum atomic E-state index is 11.0. The minimum absolute atomic E-state index is 0.0544. The summed E-state index contributed by atoms with van der Waals surface area (Å²) in [7, 11) is 1.61. The molecule has 0 aliphatic rings. The Balaban J connectivity index is 2.62. The minimum Gasteiger partial charge on any atom is -0.492 e. The highest BCUT2D eigenvalue weighted by atomic mass is 16.5. The molecular formula is C11H16N2O2. The van der Waals surface area contributed by atoms with E-state index in [9.17, 15) is 4.79 Å². The number of amides is 1. The molecule has 1 rings (SSSR count). The second kappa shape index (κ2) is 5.90. The van der Waals surface area contributed by atoms with Crippen molar-refractivity contribution in [3.05, 3.63) is 24.3 Å². The van der Waals surface area contributed by atoms with Gasteiger partial charge in [-0.25, -0.2) is 0 Å². The maximum Gasteiger partial charge on any atom is 0.239 e. The quantitative estimate of drug-likeness (QED) is 0.765. The van der Waals surface area contributed by atoms with Crippen LogP contribution in [0.15, 0.2) is 24.3 Å². The van der Waals surface area contributed by atoms with Crippen LogP contribution in [0.5, 0.6) is 5.75 Å². The number of ether oxygens (including phenoxy) is 1. The van der Waals surface area contributed by atoms with Gasteiger partial charge in [-0.1, -0.05) is 12.1 Å². The molecule has 15 heavy (non-hydrogen) atoms. The highest BCUT2D eigenvalue weighted by Crippen LogP contribution is 2.23. The third-order valence-electron chi connectivity index (χ3n) is 1.91. The van der Waals surface area contributed by atoms with Gasteiger partial charge >= 0.3 is 0 Å². The SMILES string of the molecule is CCOc1ccccc1NCC(=O)NC. The number of benzene rings is 1. The zero-order valence-electron chi connectivity index (χ0n) is 9.04. The second-order valence-electron chi connectivity index (χ2n) is 2.96. The third-order valence-corrected chi connectivity index (χ3v) is 1.91. The fourth-order valence-corrected chi connectivity index (χ4v) is 1.16. The van der Waals surface area contributed by atoms with Crippen molar-refractivity contribution in [1.82, 2.24) is 5.32 Å². The van der Waals surface area contributed by atoms with Gasteiger partial charge in [0.15, 0.2) is 0 Å². The van der Waals surface area contributed by atoms with Gasteiger partial charge in [-0.05, 0) is 19.1 Å². The van der Waals surface area contributed by atoms with Crippen LogP contribution in [0.4, 0.5) is 5.69 Å². The van der Waals surface area contributed by atoms with Gasteiger partial charge in [-0.3, -0.25) is 4.79 Å². The Labute approximate surface area is 89.6 Å². The summed E-state index contributed by atoms with van der Waals surface area (Å²) in [6, 6.07) is 7.55. The van der Waals surface area contributed by atoms with Crippen LogP contribution in [-0.4, -0.2) is 26.1 Å². The zero-order chi connectivity index (χ0) is 11.1. The molecule has 0 bridgehead atoms. The lowest BCUT2D eigenvalue weighted by atomic mass is 10.3. The molecule has 4 nitrogen and oxygen atoms in total. The first-order valence-corrected chi connectivity index (χ1v) is 4.94. The number of anilines is 1. The summed E-state index contributed by atoms with van der Waals surface area (Å²) < 4.78 is 5.41. The van der Waals surface area contributed by atoms with Crippen molar-refractivity contribution in [2.24, 2.45) is 0 Å². The van der Waals surface area contributed by atoms with Crippen LogP contribution in [0, 0.1) is 0 Å². The van der Waals surface area contributed by atoms with Crippen LogP contribution >= 0.6 is 0 Å². The summed E-state index contributed by atoms with van der Waals surface area (Å²) in [5.41, 5.74) is 0.836. The average molecular weight is 208 g/mol. The molecule has 2 N–H and O–H groups in total. The topological polar surface area (TPSA) is 50.4 Å². The van der Waals surface area contributed by atoms with E-state index in [0.29, 0.717) is 6.61 Å². The standard InChI is InChI=1S/C11H16N2O2/c1-3-15-10-7-5-4-6-9(10)13-8-11(14)12-2/h4-7,13H,3,8H2,1-2H3,(H,12,14). The smallest absolute Gasteiger partial charge is 0.239 e. The van der Waals surface area contributed by atoms with Gasteiger partial charge in [-0.2, -0.15) is 0 Å². The second-order valence-corrected chi connectivity index (χ2v) is 2.96. The monoisotopic (exact) mass is 208 g/mol. The van der Waals surface area contributed by atoms with Gasteiger partial charge in [-0.15, -0.1) is 0 Å². The summed E-state index contributed by atoms with van der Waals surface area (Å²) in [5, 5.41) is 5.56. The summed E-state index contributed by atoms with van der Waals surface area (Å²) in [4.78, 5) is 11.0.